The third-order valence-corrected chi connectivity index (χ3v) is 7.96. The summed E-state index contributed by atoms with van der Waals surface area (Å²) in [7, 11) is 3.09. The SMILES string of the molecule is CCN(CC)C(=O)C1=C(C)N=c2sc(=C3C(=O)Nc4ccccc43)c(=O)n2C1c1cc(OC)ccc1OC. The minimum absolute atomic E-state index is 0.215. The van der Waals surface area contributed by atoms with E-state index in [1.54, 1.807) is 50.3 Å². The molecule has 1 N–H and O–H groups in total. The minimum atomic E-state index is -0.835. The van der Waals surface area contributed by atoms with Crippen LogP contribution in [0.5, 0.6) is 11.5 Å². The van der Waals surface area contributed by atoms with Gasteiger partial charge in [-0.05, 0) is 45.0 Å². The Bertz CT molecular complexity index is 1680. The lowest BCUT2D eigenvalue weighted by Gasteiger charge is -2.30. The van der Waals surface area contributed by atoms with E-state index in [0.29, 0.717) is 63.0 Å². The Balaban J connectivity index is 1.86. The largest absolute Gasteiger partial charge is 0.497 e. The lowest BCUT2D eigenvalue weighted by molar-refractivity contribution is -0.127. The van der Waals surface area contributed by atoms with Crippen LogP contribution < -0.4 is 29.7 Å². The van der Waals surface area contributed by atoms with Gasteiger partial charge in [0, 0.05) is 29.9 Å². The molecule has 196 valence electrons. The average molecular weight is 533 g/mol. The van der Waals surface area contributed by atoms with E-state index in [1.807, 2.05) is 32.0 Å². The number of anilines is 1. The predicted molar refractivity (Wildman–Crippen MR) is 145 cm³/mol. The van der Waals surface area contributed by atoms with Crippen molar-refractivity contribution in [3.63, 3.8) is 0 Å². The zero-order valence-electron chi connectivity index (χ0n) is 21.8. The molecule has 10 heteroatoms. The van der Waals surface area contributed by atoms with Crippen LogP contribution in [0.3, 0.4) is 0 Å². The fraction of sp³-hybridized carbons (Fsp3) is 0.286. The van der Waals surface area contributed by atoms with Crippen LogP contribution in [-0.4, -0.2) is 48.6 Å². The number of nitrogens with one attached hydrogen (secondary N) is 1. The van der Waals surface area contributed by atoms with Gasteiger partial charge in [0.1, 0.15) is 22.1 Å². The number of amides is 2. The summed E-state index contributed by atoms with van der Waals surface area (Å²) in [6.45, 7) is 6.59. The fourth-order valence-electron chi connectivity index (χ4n) is 5.02. The molecule has 38 heavy (non-hydrogen) atoms. The second kappa shape index (κ2) is 9.94. The lowest BCUT2D eigenvalue weighted by atomic mass is 9.93. The molecule has 0 bridgehead atoms. The molecule has 0 fully saturated rings. The molecule has 2 aliphatic heterocycles. The zero-order chi connectivity index (χ0) is 27.1. The summed E-state index contributed by atoms with van der Waals surface area (Å²) in [6.07, 6.45) is 0. The van der Waals surface area contributed by atoms with Gasteiger partial charge in [-0.3, -0.25) is 19.0 Å². The first kappa shape index (κ1) is 25.5. The molecular weight excluding hydrogens is 504 g/mol. The molecule has 1 atom stereocenters. The van der Waals surface area contributed by atoms with Gasteiger partial charge in [0.2, 0.25) is 0 Å². The summed E-state index contributed by atoms with van der Waals surface area (Å²) in [5, 5.41) is 2.84. The van der Waals surface area contributed by atoms with Crippen molar-refractivity contribution in [2.75, 3.05) is 32.6 Å². The van der Waals surface area contributed by atoms with Crippen LogP contribution in [0.4, 0.5) is 5.69 Å². The van der Waals surface area contributed by atoms with Crippen molar-refractivity contribution in [2.24, 2.45) is 4.99 Å². The maximum absolute atomic E-state index is 14.2. The van der Waals surface area contributed by atoms with Gasteiger partial charge in [0.15, 0.2) is 4.80 Å². The van der Waals surface area contributed by atoms with Crippen LogP contribution in [0.1, 0.15) is 37.9 Å². The van der Waals surface area contributed by atoms with E-state index in [1.165, 1.54) is 4.57 Å². The van der Waals surface area contributed by atoms with Crippen molar-refractivity contribution < 1.29 is 19.1 Å². The first-order chi connectivity index (χ1) is 18.3. The molecule has 5 rings (SSSR count). The molecule has 0 spiro atoms. The quantitative estimate of drug-likeness (QED) is 0.526. The van der Waals surface area contributed by atoms with E-state index in [-0.39, 0.29) is 16.3 Å². The average Bonchev–Trinajstić information content (AvgIpc) is 3.42. The molecule has 0 aliphatic carbocycles. The van der Waals surface area contributed by atoms with Gasteiger partial charge in [-0.1, -0.05) is 29.5 Å². The van der Waals surface area contributed by atoms with E-state index in [9.17, 15) is 14.4 Å². The molecule has 2 aromatic carbocycles. The first-order valence-electron chi connectivity index (χ1n) is 12.3. The van der Waals surface area contributed by atoms with Crippen molar-refractivity contribution in [2.45, 2.75) is 26.8 Å². The molecule has 0 saturated heterocycles. The summed E-state index contributed by atoms with van der Waals surface area (Å²) < 4.78 is 12.9. The van der Waals surface area contributed by atoms with Crippen LogP contribution in [-0.2, 0) is 9.59 Å². The van der Waals surface area contributed by atoms with E-state index in [2.05, 4.69) is 5.32 Å². The van der Waals surface area contributed by atoms with Crippen LogP contribution in [0, 0.1) is 0 Å². The number of para-hydroxylation sites is 1. The molecular formula is C28H28N4O5S. The number of hydrogen-bond donors (Lipinski definition) is 1. The number of rotatable bonds is 6. The van der Waals surface area contributed by atoms with Gasteiger partial charge in [-0.25, -0.2) is 4.99 Å². The molecule has 0 radical (unpaired) electrons. The Morgan fingerprint density at radius 2 is 1.84 bits per heavy atom. The second-order valence-corrected chi connectivity index (χ2v) is 9.84. The second-order valence-electron chi connectivity index (χ2n) is 8.86. The Morgan fingerprint density at radius 3 is 2.53 bits per heavy atom. The van der Waals surface area contributed by atoms with Crippen molar-refractivity contribution in [3.8, 4) is 11.5 Å². The Hall–Kier alpha value is -4.18. The standard InChI is InChI=1S/C28H28N4O5S/c1-6-31(7-2)26(34)21-15(3)29-28-32(23(21)18-14-16(36-4)12-13-20(18)37-5)27(35)24(38-28)22-17-10-8-9-11-19(17)30-25(22)33/h8-14,23H,6-7H2,1-5H3,(H,30,33). The predicted octanol–water partition coefficient (Wildman–Crippen LogP) is 2.44. The molecule has 2 amide bonds. The molecule has 9 nitrogen and oxygen atoms in total. The Morgan fingerprint density at radius 1 is 1.11 bits per heavy atom. The normalized spacial score (nSPS) is 17.4. The third-order valence-electron chi connectivity index (χ3n) is 6.91. The highest BCUT2D eigenvalue weighted by Gasteiger charge is 2.37. The molecule has 3 aromatic rings. The van der Waals surface area contributed by atoms with Gasteiger partial charge in [-0.15, -0.1) is 0 Å². The summed E-state index contributed by atoms with van der Waals surface area (Å²) in [4.78, 5) is 47.8. The third kappa shape index (κ3) is 3.92. The number of allylic oxidation sites excluding steroid dienone is 1. The van der Waals surface area contributed by atoms with Crippen LogP contribution in [0.15, 0.2) is 63.5 Å². The number of thiazole rings is 1. The van der Waals surface area contributed by atoms with Crippen LogP contribution >= 0.6 is 11.3 Å². The Kier molecular flexibility index (Phi) is 6.66. The minimum Gasteiger partial charge on any atom is -0.497 e. The van der Waals surface area contributed by atoms with Gasteiger partial charge in [-0.2, -0.15) is 0 Å². The smallest absolute Gasteiger partial charge is 0.271 e. The molecule has 1 unspecified atom stereocenters. The lowest BCUT2D eigenvalue weighted by Crippen LogP contribution is -2.43. The van der Waals surface area contributed by atoms with Crippen molar-refractivity contribution in [1.29, 1.82) is 0 Å². The number of methoxy groups -OCH3 is 2. The number of hydrogen-bond acceptors (Lipinski definition) is 7. The zero-order valence-corrected chi connectivity index (χ0v) is 22.6. The van der Waals surface area contributed by atoms with Crippen molar-refractivity contribution in [1.82, 2.24) is 9.47 Å². The van der Waals surface area contributed by atoms with Crippen LogP contribution in [0.25, 0.3) is 5.57 Å². The van der Waals surface area contributed by atoms with E-state index >= 15 is 0 Å². The maximum Gasteiger partial charge on any atom is 0.271 e. The summed E-state index contributed by atoms with van der Waals surface area (Å²) in [5.41, 5.74) is 2.68. The number of aromatic nitrogens is 1. The summed E-state index contributed by atoms with van der Waals surface area (Å²) in [6, 6.07) is 11.7. The summed E-state index contributed by atoms with van der Waals surface area (Å²) >= 11 is 1.14. The number of nitrogens with zero attached hydrogens (tertiary/aromatic N) is 3. The first-order valence-corrected chi connectivity index (χ1v) is 13.1. The molecule has 3 heterocycles. The summed E-state index contributed by atoms with van der Waals surface area (Å²) in [5.74, 6) is 0.492. The number of benzene rings is 2. The van der Waals surface area contributed by atoms with Gasteiger partial charge >= 0.3 is 0 Å². The maximum atomic E-state index is 14.2. The molecule has 2 aliphatic rings. The number of carbonyl (C=O) groups is 2. The molecule has 1 aromatic heterocycles. The highest BCUT2D eigenvalue weighted by Crippen LogP contribution is 2.38. The Labute approximate surface area is 223 Å². The van der Waals surface area contributed by atoms with Gasteiger partial charge < -0.3 is 19.7 Å². The number of carbonyl (C=O) groups excluding carboxylic acids is 2. The number of ether oxygens (including phenoxy) is 2. The van der Waals surface area contributed by atoms with Gasteiger partial charge in [0.05, 0.1) is 31.1 Å². The van der Waals surface area contributed by atoms with Crippen molar-refractivity contribution >= 4 is 34.4 Å². The monoisotopic (exact) mass is 532 g/mol. The van der Waals surface area contributed by atoms with Crippen molar-refractivity contribution in [3.05, 3.63) is 84.5 Å². The highest BCUT2D eigenvalue weighted by molar-refractivity contribution is 7.07. The van der Waals surface area contributed by atoms with Gasteiger partial charge in [0.25, 0.3) is 17.4 Å². The molecule has 0 saturated carbocycles. The topological polar surface area (TPSA) is 102 Å². The van der Waals surface area contributed by atoms with E-state index < -0.39 is 11.6 Å². The highest BCUT2D eigenvalue weighted by atomic mass is 32.1. The van der Waals surface area contributed by atoms with E-state index in [0.717, 1.165) is 11.3 Å². The van der Waals surface area contributed by atoms with E-state index in [4.69, 9.17) is 14.5 Å². The number of fused-ring (bicyclic) bond motifs is 2. The fourth-order valence-corrected chi connectivity index (χ4v) is 6.16. The van der Waals surface area contributed by atoms with Crippen LogP contribution in [0.2, 0.25) is 0 Å². The number of likely N-dealkylation sites (N-methyl/N-ethyl adjacent to an activating group) is 1.